The van der Waals surface area contributed by atoms with Crippen LogP contribution in [-0.2, 0) is 9.59 Å². The van der Waals surface area contributed by atoms with Crippen LogP contribution in [0.4, 0.5) is 0 Å². The van der Waals surface area contributed by atoms with Crippen LogP contribution in [0.5, 0.6) is 0 Å². The number of likely N-dealkylation sites (N-methyl/N-ethyl adjacent to an activating group) is 1. The van der Waals surface area contributed by atoms with Gasteiger partial charge >= 0.3 is 0 Å². The Kier molecular flexibility index (Phi) is 5.19. The molecule has 2 fully saturated rings. The molecule has 1 aromatic carbocycles. The quantitative estimate of drug-likeness (QED) is 0.849. The van der Waals surface area contributed by atoms with Gasteiger partial charge in [0.1, 0.15) is 0 Å². The first kappa shape index (κ1) is 17.0. The molecule has 1 aromatic rings. The maximum atomic E-state index is 13.2. The topological polar surface area (TPSA) is 43.9 Å². The van der Waals surface area contributed by atoms with E-state index in [0.717, 1.165) is 38.3 Å². The van der Waals surface area contributed by atoms with Crippen LogP contribution >= 0.6 is 0 Å². The highest BCUT2D eigenvalue weighted by Gasteiger charge is 2.40. The molecule has 2 saturated heterocycles. The third-order valence-corrected chi connectivity index (χ3v) is 5.45. The van der Waals surface area contributed by atoms with Gasteiger partial charge in [-0.1, -0.05) is 37.3 Å². The second kappa shape index (κ2) is 7.34. The lowest BCUT2D eigenvalue weighted by Crippen LogP contribution is -2.53. The van der Waals surface area contributed by atoms with Crippen LogP contribution in [0, 0.1) is 5.92 Å². The third-order valence-electron chi connectivity index (χ3n) is 5.45. The lowest BCUT2D eigenvalue weighted by atomic mass is 9.83. The summed E-state index contributed by atoms with van der Waals surface area (Å²) in [5, 5.41) is 0. The molecule has 2 amide bonds. The fourth-order valence-corrected chi connectivity index (χ4v) is 3.92. The first-order valence-corrected chi connectivity index (χ1v) is 8.93. The number of nitrogens with zero attached hydrogens (tertiary/aromatic N) is 3. The van der Waals surface area contributed by atoms with Crippen molar-refractivity contribution in [1.29, 1.82) is 0 Å². The van der Waals surface area contributed by atoms with Crippen LogP contribution in [0.2, 0.25) is 0 Å². The van der Waals surface area contributed by atoms with Crippen molar-refractivity contribution in [2.75, 3.05) is 39.8 Å². The van der Waals surface area contributed by atoms with Gasteiger partial charge in [0.2, 0.25) is 11.8 Å². The van der Waals surface area contributed by atoms with Crippen LogP contribution in [0.25, 0.3) is 0 Å². The second-order valence-corrected chi connectivity index (χ2v) is 6.76. The number of piperazine rings is 1. The molecule has 5 nitrogen and oxygen atoms in total. The van der Waals surface area contributed by atoms with Gasteiger partial charge in [0.25, 0.3) is 0 Å². The molecule has 0 aromatic heterocycles. The molecular weight excluding hydrogens is 302 g/mol. The van der Waals surface area contributed by atoms with Crippen molar-refractivity contribution < 1.29 is 9.59 Å². The predicted molar refractivity (Wildman–Crippen MR) is 93.4 cm³/mol. The van der Waals surface area contributed by atoms with E-state index < -0.39 is 0 Å². The van der Waals surface area contributed by atoms with Gasteiger partial charge in [-0.3, -0.25) is 9.59 Å². The molecule has 2 heterocycles. The lowest BCUT2D eigenvalue weighted by molar-refractivity contribution is -0.147. The normalized spacial score (nSPS) is 25.8. The predicted octanol–water partition coefficient (Wildman–Crippen LogP) is 1.76. The number of carbonyl (C=O) groups excluding carboxylic acids is 2. The van der Waals surface area contributed by atoms with E-state index in [2.05, 4.69) is 11.8 Å². The Morgan fingerprint density at radius 3 is 2.42 bits per heavy atom. The summed E-state index contributed by atoms with van der Waals surface area (Å²) in [6.07, 6.45) is 1.11. The highest BCUT2D eigenvalue weighted by atomic mass is 16.2. The molecule has 130 valence electrons. The Hall–Kier alpha value is -1.88. The molecule has 5 heteroatoms. The Labute approximate surface area is 144 Å². The van der Waals surface area contributed by atoms with Crippen molar-refractivity contribution in [3.05, 3.63) is 35.9 Å². The molecule has 0 bridgehead atoms. The van der Waals surface area contributed by atoms with Crippen LogP contribution in [0.1, 0.15) is 31.4 Å². The van der Waals surface area contributed by atoms with E-state index in [1.54, 1.807) is 4.90 Å². The zero-order valence-corrected chi connectivity index (χ0v) is 14.6. The van der Waals surface area contributed by atoms with Gasteiger partial charge in [-0.05, 0) is 18.5 Å². The summed E-state index contributed by atoms with van der Waals surface area (Å²) in [4.78, 5) is 31.5. The molecule has 24 heavy (non-hydrogen) atoms. The van der Waals surface area contributed by atoms with Crippen LogP contribution in [-0.4, -0.2) is 66.3 Å². The van der Waals surface area contributed by atoms with Gasteiger partial charge in [0.05, 0.1) is 12.0 Å². The number of hydrogen-bond donors (Lipinski definition) is 0. The summed E-state index contributed by atoms with van der Waals surface area (Å²) in [5.74, 6) is 0.200. The number of carbonyl (C=O) groups is 2. The van der Waals surface area contributed by atoms with E-state index in [1.807, 2.05) is 42.3 Å². The summed E-state index contributed by atoms with van der Waals surface area (Å²) in [7, 11) is 1.83. The lowest BCUT2D eigenvalue weighted by Gasteiger charge is -2.42. The Morgan fingerprint density at radius 2 is 1.79 bits per heavy atom. The van der Waals surface area contributed by atoms with Gasteiger partial charge in [-0.2, -0.15) is 0 Å². The van der Waals surface area contributed by atoms with Crippen molar-refractivity contribution >= 4 is 11.8 Å². The second-order valence-electron chi connectivity index (χ2n) is 6.76. The number of piperidine rings is 1. The van der Waals surface area contributed by atoms with Crippen molar-refractivity contribution in [3.8, 4) is 0 Å². The Morgan fingerprint density at radius 1 is 1.12 bits per heavy atom. The van der Waals surface area contributed by atoms with Gasteiger partial charge in [-0.15, -0.1) is 0 Å². The maximum Gasteiger partial charge on any atom is 0.228 e. The van der Waals surface area contributed by atoms with E-state index >= 15 is 0 Å². The molecule has 0 saturated carbocycles. The smallest absolute Gasteiger partial charge is 0.228 e. The van der Waals surface area contributed by atoms with E-state index in [9.17, 15) is 9.59 Å². The molecule has 2 aliphatic heterocycles. The van der Waals surface area contributed by atoms with Crippen LogP contribution in [0.3, 0.4) is 0 Å². The summed E-state index contributed by atoms with van der Waals surface area (Å²) < 4.78 is 0. The number of amides is 2. The highest BCUT2D eigenvalue weighted by molar-refractivity contribution is 5.85. The monoisotopic (exact) mass is 329 g/mol. The van der Waals surface area contributed by atoms with Crippen LogP contribution in [0.15, 0.2) is 30.3 Å². The number of hydrogen-bond acceptors (Lipinski definition) is 3. The van der Waals surface area contributed by atoms with Crippen molar-refractivity contribution in [3.63, 3.8) is 0 Å². The zero-order chi connectivity index (χ0) is 17.1. The minimum Gasteiger partial charge on any atom is -0.340 e. The standard InChI is InChI=1S/C19H27N3O2/c1-3-21-11-13-22(14-12-21)19(24)16-9-10-17(23)20(2)18(16)15-7-5-4-6-8-15/h4-8,16,18H,3,9-14H2,1-2H3. The van der Waals surface area contributed by atoms with E-state index in [1.165, 1.54) is 0 Å². The fraction of sp³-hybridized carbons (Fsp3) is 0.579. The third kappa shape index (κ3) is 3.31. The molecule has 2 atom stereocenters. The summed E-state index contributed by atoms with van der Waals surface area (Å²) in [6.45, 7) is 6.67. The van der Waals surface area contributed by atoms with Gasteiger partial charge < -0.3 is 14.7 Å². The van der Waals surface area contributed by atoms with Gasteiger partial charge in [0.15, 0.2) is 0 Å². The van der Waals surface area contributed by atoms with E-state index in [0.29, 0.717) is 12.8 Å². The van der Waals surface area contributed by atoms with Gasteiger partial charge in [0, 0.05) is 39.6 Å². The molecular formula is C19H27N3O2. The molecule has 0 radical (unpaired) electrons. The van der Waals surface area contributed by atoms with Crippen molar-refractivity contribution in [2.24, 2.45) is 5.92 Å². The Bertz CT molecular complexity index is 582. The maximum absolute atomic E-state index is 13.2. The molecule has 2 unspecified atom stereocenters. The molecule has 0 spiro atoms. The first-order chi connectivity index (χ1) is 11.6. The van der Waals surface area contributed by atoms with Crippen molar-refractivity contribution in [1.82, 2.24) is 14.7 Å². The molecule has 0 aliphatic carbocycles. The summed E-state index contributed by atoms with van der Waals surface area (Å²) in [6, 6.07) is 9.82. The van der Waals surface area contributed by atoms with Crippen molar-refractivity contribution in [2.45, 2.75) is 25.8 Å². The summed E-state index contributed by atoms with van der Waals surface area (Å²) in [5.41, 5.74) is 1.05. The molecule has 2 aliphatic rings. The number of likely N-dealkylation sites (tertiary alicyclic amines) is 1. The Balaban J connectivity index is 1.79. The average molecular weight is 329 g/mol. The first-order valence-electron chi connectivity index (χ1n) is 8.93. The number of rotatable bonds is 3. The number of benzene rings is 1. The van der Waals surface area contributed by atoms with Gasteiger partial charge in [-0.25, -0.2) is 0 Å². The highest BCUT2D eigenvalue weighted by Crippen LogP contribution is 2.36. The molecule has 0 N–H and O–H groups in total. The zero-order valence-electron chi connectivity index (χ0n) is 14.6. The average Bonchev–Trinajstić information content (AvgIpc) is 2.64. The fourth-order valence-electron chi connectivity index (χ4n) is 3.92. The van der Waals surface area contributed by atoms with E-state index in [4.69, 9.17) is 0 Å². The van der Waals surface area contributed by atoms with Crippen LogP contribution < -0.4 is 0 Å². The molecule has 3 rings (SSSR count). The SMILES string of the molecule is CCN1CCN(C(=O)C2CCC(=O)N(C)C2c2ccccc2)CC1. The summed E-state index contributed by atoms with van der Waals surface area (Å²) >= 11 is 0. The largest absolute Gasteiger partial charge is 0.340 e. The minimum atomic E-state index is -0.149. The minimum absolute atomic E-state index is 0.128. The van der Waals surface area contributed by atoms with E-state index in [-0.39, 0.29) is 23.8 Å².